The summed E-state index contributed by atoms with van der Waals surface area (Å²) in [5.41, 5.74) is 1.06. The molecule has 102 valence electrons. The van der Waals surface area contributed by atoms with Crippen molar-refractivity contribution in [2.45, 2.75) is 20.1 Å². The van der Waals surface area contributed by atoms with Crippen LogP contribution < -0.4 is 10.1 Å². The molecule has 0 aliphatic heterocycles. The van der Waals surface area contributed by atoms with Crippen LogP contribution in [0.5, 0.6) is 5.75 Å². The molecule has 0 amide bonds. The lowest BCUT2D eigenvalue weighted by atomic mass is 10.2. The smallest absolute Gasteiger partial charge is 0.387 e. The Kier molecular flexibility index (Phi) is 7.05. The SMILES string of the molecule is CSCC(C)CNCc1ccc(OC(F)F)cc1. The molecule has 0 aliphatic carbocycles. The Balaban J connectivity index is 2.30. The van der Waals surface area contributed by atoms with Crippen molar-refractivity contribution in [3.8, 4) is 5.75 Å². The lowest BCUT2D eigenvalue weighted by Crippen LogP contribution is -2.21. The number of hydrogen-bond acceptors (Lipinski definition) is 3. The van der Waals surface area contributed by atoms with Gasteiger partial charge in [0.15, 0.2) is 0 Å². The standard InChI is InChI=1S/C13H19F2NOS/c1-10(9-18-2)7-16-8-11-3-5-12(6-4-11)17-13(14)15/h3-6,10,13,16H,7-9H2,1-2H3. The number of thioether (sulfide) groups is 1. The highest BCUT2D eigenvalue weighted by Gasteiger charge is 2.04. The molecule has 18 heavy (non-hydrogen) atoms. The van der Waals surface area contributed by atoms with E-state index in [1.165, 1.54) is 0 Å². The van der Waals surface area contributed by atoms with Gasteiger partial charge in [0.2, 0.25) is 0 Å². The topological polar surface area (TPSA) is 21.3 Å². The fraction of sp³-hybridized carbons (Fsp3) is 0.538. The van der Waals surface area contributed by atoms with Crippen molar-refractivity contribution < 1.29 is 13.5 Å². The second-order valence-electron chi connectivity index (χ2n) is 4.21. The average Bonchev–Trinajstić information content (AvgIpc) is 2.31. The van der Waals surface area contributed by atoms with E-state index in [-0.39, 0.29) is 5.75 Å². The van der Waals surface area contributed by atoms with Crippen LogP contribution in [0.3, 0.4) is 0 Å². The Morgan fingerprint density at radius 3 is 2.50 bits per heavy atom. The van der Waals surface area contributed by atoms with Crippen molar-refractivity contribution in [2.75, 3.05) is 18.6 Å². The Hall–Kier alpha value is -0.810. The number of halogens is 2. The molecule has 0 aliphatic rings. The van der Waals surface area contributed by atoms with Crippen molar-refractivity contribution >= 4 is 11.8 Å². The number of hydrogen-bond donors (Lipinski definition) is 1. The maximum atomic E-state index is 11.9. The van der Waals surface area contributed by atoms with E-state index < -0.39 is 6.61 Å². The van der Waals surface area contributed by atoms with Gasteiger partial charge in [-0.25, -0.2) is 0 Å². The van der Waals surface area contributed by atoms with E-state index in [4.69, 9.17) is 0 Å². The highest BCUT2D eigenvalue weighted by atomic mass is 32.2. The molecule has 1 unspecified atom stereocenters. The average molecular weight is 275 g/mol. The highest BCUT2D eigenvalue weighted by molar-refractivity contribution is 7.98. The van der Waals surface area contributed by atoms with Gasteiger partial charge in [-0.2, -0.15) is 20.5 Å². The van der Waals surface area contributed by atoms with Crippen LogP contribution >= 0.6 is 11.8 Å². The normalized spacial score (nSPS) is 12.7. The van der Waals surface area contributed by atoms with E-state index in [2.05, 4.69) is 23.2 Å². The van der Waals surface area contributed by atoms with Crippen LogP contribution in [-0.4, -0.2) is 25.2 Å². The highest BCUT2D eigenvalue weighted by Crippen LogP contribution is 2.14. The van der Waals surface area contributed by atoms with Crippen molar-refractivity contribution in [1.82, 2.24) is 5.32 Å². The van der Waals surface area contributed by atoms with Gasteiger partial charge < -0.3 is 10.1 Å². The number of ether oxygens (including phenoxy) is 1. The number of alkyl halides is 2. The summed E-state index contributed by atoms with van der Waals surface area (Å²) in [7, 11) is 0. The van der Waals surface area contributed by atoms with Gasteiger partial charge in [-0.15, -0.1) is 0 Å². The van der Waals surface area contributed by atoms with Crippen LogP contribution in [0.25, 0.3) is 0 Å². The largest absolute Gasteiger partial charge is 0.435 e. The Morgan fingerprint density at radius 2 is 1.94 bits per heavy atom. The molecule has 0 saturated carbocycles. The summed E-state index contributed by atoms with van der Waals surface area (Å²) in [5.74, 6) is 1.96. The lowest BCUT2D eigenvalue weighted by Gasteiger charge is -2.11. The van der Waals surface area contributed by atoms with E-state index in [1.54, 1.807) is 24.3 Å². The molecule has 1 N–H and O–H groups in total. The Morgan fingerprint density at radius 1 is 1.28 bits per heavy atom. The summed E-state index contributed by atoms with van der Waals surface area (Å²) in [6, 6.07) is 6.72. The molecule has 1 atom stereocenters. The van der Waals surface area contributed by atoms with Gasteiger partial charge in [-0.05, 0) is 42.2 Å². The molecule has 2 nitrogen and oxygen atoms in total. The monoisotopic (exact) mass is 275 g/mol. The van der Waals surface area contributed by atoms with E-state index in [1.807, 2.05) is 11.8 Å². The van der Waals surface area contributed by atoms with Crippen molar-refractivity contribution in [1.29, 1.82) is 0 Å². The fourth-order valence-electron chi connectivity index (χ4n) is 1.60. The van der Waals surface area contributed by atoms with E-state index in [0.717, 1.165) is 24.4 Å². The van der Waals surface area contributed by atoms with Gasteiger partial charge in [-0.1, -0.05) is 19.1 Å². The van der Waals surface area contributed by atoms with Crippen LogP contribution in [0.1, 0.15) is 12.5 Å². The summed E-state index contributed by atoms with van der Waals surface area (Å²) in [5, 5.41) is 3.34. The minimum atomic E-state index is -2.76. The van der Waals surface area contributed by atoms with E-state index in [0.29, 0.717) is 5.92 Å². The molecule has 0 bridgehead atoms. The summed E-state index contributed by atoms with van der Waals surface area (Å²) in [4.78, 5) is 0. The molecule has 0 heterocycles. The maximum absolute atomic E-state index is 11.9. The molecular formula is C13H19F2NOS. The molecule has 0 saturated heterocycles. The van der Waals surface area contributed by atoms with Crippen molar-refractivity contribution in [3.05, 3.63) is 29.8 Å². The van der Waals surface area contributed by atoms with Crippen LogP contribution in [0.15, 0.2) is 24.3 Å². The fourth-order valence-corrected chi connectivity index (χ4v) is 2.28. The first-order chi connectivity index (χ1) is 8.61. The summed E-state index contributed by atoms with van der Waals surface area (Å²) in [6.45, 7) is 1.13. The predicted octanol–water partition coefficient (Wildman–Crippen LogP) is 3.38. The van der Waals surface area contributed by atoms with Gasteiger partial charge >= 0.3 is 6.61 Å². The third-order valence-electron chi connectivity index (χ3n) is 2.42. The second kappa shape index (κ2) is 8.32. The van der Waals surface area contributed by atoms with E-state index >= 15 is 0 Å². The summed E-state index contributed by atoms with van der Waals surface area (Å²) >= 11 is 1.84. The summed E-state index contributed by atoms with van der Waals surface area (Å²) < 4.78 is 28.2. The van der Waals surface area contributed by atoms with Gasteiger partial charge in [0.1, 0.15) is 5.75 Å². The van der Waals surface area contributed by atoms with Crippen LogP contribution in [0, 0.1) is 5.92 Å². The molecule has 1 aromatic carbocycles. The zero-order valence-electron chi connectivity index (χ0n) is 10.7. The third kappa shape index (κ3) is 6.21. The second-order valence-corrected chi connectivity index (χ2v) is 5.12. The van der Waals surface area contributed by atoms with Gasteiger partial charge in [0.05, 0.1) is 0 Å². The van der Waals surface area contributed by atoms with Gasteiger partial charge in [-0.3, -0.25) is 0 Å². The van der Waals surface area contributed by atoms with Crippen LogP contribution in [0.4, 0.5) is 8.78 Å². The maximum Gasteiger partial charge on any atom is 0.387 e. The van der Waals surface area contributed by atoms with Gasteiger partial charge in [0.25, 0.3) is 0 Å². The van der Waals surface area contributed by atoms with Crippen molar-refractivity contribution in [2.24, 2.45) is 5.92 Å². The molecule has 0 aromatic heterocycles. The molecule has 0 spiro atoms. The third-order valence-corrected chi connectivity index (χ3v) is 3.32. The quantitative estimate of drug-likeness (QED) is 0.786. The number of nitrogens with one attached hydrogen (secondary N) is 1. The predicted molar refractivity (Wildman–Crippen MR) is 72.3 cm³/mol. The molecule has 1 aromatic rings. The number of benzene rings is 1. The molecule has 1 rings (SSSR count). The Labute approximate surface area is 111 Å². The first kappa shape index (κ1) is 15.2. The first-order valence-corrected chi connectivity index (χ1v) is 7.24. The molecular weight excluding hydrogens is 256 g/mol. The lowest BCUT2D eigenvalue weighted by molar-refractivity contribution is -0.0498. The van der Waals surface area contributed by atoms with E-state index in [9.17, 15) is 8.78 Å². The molecule has 0 radical (unpaired) electrons. The minimum absolute atomic E-state index is 0.199. The molecule has 0 fully saturated rings. The summed E-state index contributed by atoms with van der Waals surface area (Å²) in [6.07, 6.45) is 2.10. The zero-order valence-corrected chi connectivity index (χ0v) is 11.5. The van der Waals surface area contributed by atoms with Crippen LogP contribution in [-0.2, 0) is 6.54 Å². The Bertz CT molecular complexity index is 332. The van der Waals surface area contributed by atoms with Crippen molar-refractivity contribution in [3.63, 3.8) is 0 Å². The minimum Gasteiger partial charge on any atom is -0.435 e. The molecule has 5 heteroatoms. The number of rotatable bonds is 8. The first-order valence-electron chi connectivity index (χ1n) is 5.85. The zero-order chi connectivity index (χ0) is 13.4. The van der Waals surface area contributed by atoms with Crippen LogP contribution in [0.2, 0.25) is 0 Å². The van der Waals surface area contributed by atoms with Gasteiger partial charge in [0, 0.05) is 6.54 Å².